The fraction of sp³-hybridized carbons (Fsp3) is 0.933. The molecule has 0 bridgehead atoms. The molecule has 2 saturated heterocycles. The SMILES string of the molecule is CC(C)CC1CCCN(C(=O)C2(N)CCOCC2)C1. The highest BCUT2D eigenvalue weighted by Crippen LogP contribution is 2.27. The summed E-state index contributed by atoms with van der Waals surface area (Å²) in [5.74, 6) is 1.51. The van der Waals surface area contributed by atoms with Gasteiger partial charge in [0.15, 0.2) is 0 Å². The Morgan fingerprint density at radius 3 is 2.74 bits per heavy atom. The fourth-order valence-corrected chi connectivity index (χ4v) is 3.37. The van der Waals surface area contributed by atoms with E-state index in [-0.39, 0.29) is 5.91 Å². The van der Waals surface area contributed by atoms with Crippen LogP contribution < -0.4 is 5.73 Å². The summed E-state index contributed by atoms with van der Waals surface area (Å²) in [5, 5.41) is 0. The fourth-order valence-electron chi connectivity index (χ4n) is 3.37. The van der Waals surface area contributed by atoms with Gasteiger partial charge in [0.25, 0.3) is 0 Å². The number of hydrogen-bond acceptors (Lipinski definition) is 3. The Bertz CT molecular complexity index is 311. The summed E-state index contributed by atoms with van der Waals surface area (Å²) >= 11 is 0. The third kappa shape index (κ3) is 3.69. The minimum atomic E-state index is -0.669. The molecule has 2 fully saturated rings. The van der Waals surface area contributed by atoms with Gasteiger partial charge in [0.05, 0.1) is 5.54 Å². The monoisotopic (exact) mass is 268 g/mol. The number of ether oxygens (including phenoxy) is 1. The number of amides is 1. The summed E-state index contributed by atoms with van der Waals surface area (Å²) in [6.07, 6.45) is 4.91. The van der Waals surface area contributed by atoms with Gasteiger partial charge >= 0.3 is 0 Å². The van der Waals surface area contributed by atoms with Crippen molar-refractivity contribution in [2.45, 2.75) is 51.5 Å². The molecule has 19 heavy (non-hydrogen) atoms. The van der Waals surface area contributed by atoms with Crippen LogP contribution in [0.25, 0.3) is 0 Å². The van der Waals surface area contributed by atoms with Crippen molar-refractivity contribution in [3.05, 3.63) is 0 Å². The van der Waals surface area contributed by atoms with Gasteiger partial charge in [-0.25, -0.2) is 0 Å². The Hall–Kier alpha value is -0.610. The van der Waals surface area contributed by atoms with Crippen LogP contribution in [0.4, 0.5) is 0 Å². The summed E-state index contributed by atoms with van der Waals surface area (Å²) in [6, 6.07) is 0. The van der Waals surface area contributed by atoms with E-state index in [1.165, 1.54) is 12.8 Å². The van der Waals surface area contributed by atoms with Crippen LogP contribution in [0.5, 0.6) is 0 Å². The quantitative estimate of drug-likeness (QED) is 0.849. The highest BCUT2D eigenvalue weighted by atomic mass is 16.5. The molecule has 1 atom stereocenters. The largest absolute Gasteiger partial charge is 0.381 e. The molecule has 0 aromatic carbocycles. The van der Waals surface area contributed by atoms with Crippen molar-refractivity contribution < 1.29 is 9.53 Å². The van der Waals surface area contributed by atoms with Crippen LogP contribution in [-0.4, -0.2) is 42.6 Å². The highest BCUT2D eigenvalue weighted by molar-refractivity contribution is 5.86. The Kier molecular flexibility index (Phi) is 4.85. The van der Waals surface area contributed by atoms with Crippen LogP contribution in [-0.2, 0) is 9.53 Å². The van der Waals surface area contributed by atoms with Crippen molar-refractivity contribution in [3.63, 3.8) is 0 Å². The summed E-state index contributed by atoms with van der Waals surface area (Å²) in [5.41, 5.74) is 5.64. The molecule has 0 aromatic heterocycles. The van der Waals surface area contributed by atoms with Crippen molar-refractivity contribution in [3.8, 4) is 0 Å². The molecule has 2 heterocycles. The standard InChI is InChI=1S/C15H28N2O2/c1-12(2)10-13-4-3-7-17(11-13)14(18)15(16)5-8-19-9-6-15/h12-13H,3-11,16H2,1-2H3. The molecular formula is C15H28N2O2. The molecule has 0 aromatic rings. The minimum absolute atomic E-state index is 0.157. The van der Waals surface area contributed by atoms with E-state index in [2.05, 4.69) is 13.8 Å². The van der Waals surface area contributed by atoms with Gasteiger partial charge in [-0.3, -0.25) is 4.79 Å². The first-order valence-electron chi connectivity index (χ1n) is 7.67. The molecule has 4 heteroatoms. The van der Waals surface area contributed by atoms with Crippen LogP contribution in [0.3, 0.4) is 0 Å². The molecule has 110 valence electrons. The molecule has 2 aliphatic heterocycles. The van der Waals surface area contributed by atoms with Gasteiger partial charge in [0, 0.05) is 26.3 Å². The third-order valence-electron chi connectivity index (χ3n) is 4.42. The van der Waals surface area contributed by atoms with Crippen LogP contribution in [0.1, 0.15) is 46.0 Å². The van der Waals surface area contributed by atoms with E-state index in [9.17, 15) is 4.79 Å². The van der Waals surface area contributed by atoms with Crippen molar-refractivity contribution >= 4 is 5.91 Å². The third-order valence-corrected chi connectivity index (χ3v) is 4.42. The second-order valence-electron chi connectivity index (χ2n) is 6.66. The Labute approximate surface area is 116 Å². The first kappa shape index (κ1) is 14.8. The van der Waals surface area contributed by atoms with Crippen molar-refractivity contribution in [1.29, 1.82) is 0 Å². The second-order valence-corrected chi connectivity index (χ2v) is 6.66. The van der Waals surface area contributed by atoms with E-state index in [0.29, 0.717) is 37.9 Å². The van der Waals surface area contributed by atoms with Crippen LogP contribution in [0, 0.1) is 11.8 Å². The minimum Gasteiger partial charge on any atom is -0.381 e. The van der Waals surface area contributed by atoms with E-state index in [1.54, 1.807) is 0 Å². The number of carbonyl (C=O) groups excluding carboxylic acids is 1. The molecule has 0 spiro atoms. The number of nitrogens with two attached hydrogens (primary N) is 1. The average molecular weight is 268 g/mol. The number of piperidine rings is 1. The number of likely N-dealkylation sites (tertiary alicyclic amines) is 1. The number of rotatable bonds is 3. The second kappa shape index (κ2) is 6.23. The van der Waals surface area contributed by atoms with E-state index in [4.69, 9.17) is 10.5 Å². The molecule has 0 saturated carbocycles. The smallest absolute Gasteiger partial charge is 0.242 e. The number of hydrogen-bond donors (Lipinski definition) is 1. The molecular weight excluding hydrogens is 240 g/mol. The summed E-state index contributed by atoms with van der Waals surface area (Å²) in [7, 11) is 0. The van der Waals surface area contributed by atoms with Crippen LogP contribution >= 0.6 is 0 Å². The first-order valence-corrected chi connectivity index (χ1v) is 7.67. The van der Waals surface area contributed by atoms with Crippen LogP contribution in [0.2, 0.25) is 0 Å². The maximum absolute atomic E-state index is 12.7. The summed E-state index contributed by atoms with van der Waals surface area (Å²) < 4.78 is 5.33. The maximum atomic E-state index is 12.7. The van der Waals surface area contributed by atoms with Gasteiger partial charge in [-0.15, -0.1) is 0 Å². The predicted molar refractivity (Wildman–Crippen MR) is 75.7 cm³/mol. The van der Waals surface area contributed by atoms with Crippen LogP contribution in [0.15, 0.2) is 0 Å². The van der Waals surface area contributed by atoms with E-state index in [1.807, 2.05) is 4.90 Å². The lowest BCUT2D eigenvalue weighted by Crippen LogP contribution is -2.59. The zero-order chi connectivity index (χ0) is 13.9. The lowest BCUT2D eigenvalue weighted by Gasteiger charge is -2.40. The Morgan fingerprint density at radius 1 is 1.42 bits per heavy atom. The lowest BCUT2D eigenvalue weighted by molar-refractivity contribution is -0.142. The van der Waals surface area contributed by atoms with Gasteiger partial charge in [-0.05, 0) is 43.9 Å². The molecule has 4 nitrogen and oxygen atoms in total. The predicted octanol–water partition coefficient (Wildman–Crippen LogP) is 1.78. The normalized spacial score (nSPS) is 27.6. The molecule has 2 rings (SSSR count). The number of carbonyl (C=O) groups is 1. The van der Waals surface area contributed by atoms with Crippen molar-refractivity contribution in [1.82, 2.24) is 4.90 Å². The van der Waals surface area contributed by atoms with E-state index >= 15 is 0 Å². The van der Waals surface area contributed by atoms with Gasteiger partial charge in [-0.2, -0.15) is 0 Å². The summed E-state index contributed by atoms with van der Waals surface area (Å²) in [6.45, 7) is 7.52. The van der Waals surface area contributed by atoms with Gasteiger partial charge in [0.1, 0.15) is 0 Å². The van der Waals surface area contributed by atoms with E-state index in [0.717, 1.165) is 19.5 Å². The number of nitrogens with zero attached hydrogens (tertiary/aromatic N) is 1. The topological polar surface area (TPSA) is 55.6 Å². The molecule has 0 radical (unpaired) electrons. The first-order chi connectivity index (χ1) is 9.01. The van der Waals surface area contributed by atoms with Gasteiger partial charge in [-0.1, -0.05) is 13.8 Å². The zero-order valence-corrected chi connectivity index (χ0v) is 12.4. The lowest BCUT2D eigenvalue weighted by atomic mass is 9.86. The Balaban J connectivity index is 1.94. The Morgan fingerprint density at radius 2 is 2.11 bits per heavy atom. The van der Waals surface area contributed by atoms with E-state index < -0.39 is 5.54 Å². The van der Waals surface area contributed by atoms with Crippen molar-refractivity contribution in [2.24, 2.45) is 17.6 Å². The molecule has 1 unspecified atom stereocenters. The van der Waals surface area contributed by atoms with Gasteiger partial charge < -0.3 is 15.4 Å². The highest BCUT2D eigenvalue weighted by Gasteiger charge is 2.40. The molecule has 0 aliphatic carbocycles. The van der Waals surface area contributed by atoms with Gasteiger partial charge in [0.2, 0.25) is 5.91 Å². The zero-order valence-electron chi connectivity index (χ0n) is 12.4. The average Bonchev–Trinajstić information content (AvgIpc) is 2.38. The molecule has 2 aliphatic rings. The molecule has 1 amide bonds. The summed E-state index contributed by atoms with van der Waals surface area (Å²) in [4.78, 5) is 14.7. The molecule has 2 N–H and O–H groups in total. The van der Waals surface area contributed by atoms with Crippen molar-refractivity contribution in [2.75, 3.05) is 26.3 Å². The maximum Gasteiger partial charge on any atom is 0.242 e.